The van der Waals surface area contributed by atoms with E-state index in [1.165, 1.54) is 0 Å². The second-order valence-corrected chi connectivity index (χ2v) is 3.76. The number of halogens is 8. The maximum atomic E-state index is 12.8. The molecular weight excluding hydrogens is 286 g/mol. The highest BCUT2D eigenvalue weighted by Crippen LogP contribution is 2.45. The van der Waals surface area contributed by atoms with Crippen LogP contribution < -0.4 is 5.73 Å². The summed E-state index contributed by atoms with van der Waals surface area (Å²) in [5.74, 6) is -6.83. The van der Waals surface area contributed by atoms with E-state index in [1.807, 2.05) is 0 Å². The highest BCUT2D eigenvalue weighted by atomic mass is 19.4. The molecule has 1 unspecified atom stereocenters. The van der Waals surface area contributed by atoms with Gasteiger partial charge in [0.15, 0.2) is 17.6 Å². The van der Waals surface area contributed by atoms with Gasteiger partial charge in [0.1, 0.15) is 0 Å². The summed E-state index contributed by atoms with van der Waals surface area (Å²) in [4.78, 5) is 0. The van der Waals surface area contributed by atoms with Crippen molar-refractivity contribution in [2.24, 2.45) is 11.7 Å². The molecule has 0 saturated heterocycles. The molecule has 0 aromatic heterocycles. The van der Waals surface area contributed by atoms with Crippen LogP contribution in [0.1, 0.15) is 11.6 Å². The molecule has 1 nitrogen and oxygen atoms in total. The molecule has 1 atom stereocenters. The van der Waals surface area contributed by atoms with Gasteiger partial charge in [0, 0.05) is 0 Å². The van der Waals surface area contributed by atoms with Crippen molar-refractivity contribution in [2.75, 3.05) is 0 Å². The standard InChI is InChI=1S/C10H7F8N/c11-5-2-1-4(3-6(5)12)7(19)8(9(13,14)15)10(16,17)18/h1-3,7-8H,19H2. The molecule has 19 heavy (non-hydrogen) atoms. The van der Waals surface area contributed by atoms with Crippen LogP contribution in [-0.4, -0.2) is 12.4 Å². The number of nitrogens with two attached hydrogens (primary N) is 1. The van der Waals surface area contributed by atoms with Gasteiger partial charge in [0.05, 0.1) is 6.04 Å². The van der Waals surface area contributed by atoms with Crippen molar-refractivity contribution in [3.8, 4) is 0 Å². The van der Waals surface area contributed by atoms with Crippen molar-refractivity contribution in [1.29, 1.82) is 0 Å². The van der Waals surface area contributed by atoms with E-state index in [2.05, 4.69) is 0 Å². The zero-order valence-electron chi connectivity index (χ0n) is 8.99. The van der Waals surface area contributed by atoms with Crippen molar-refractivity contribution in [2.45, 2.75) is 18.4 Å². The van der Waals surface area contributed by atoms with E-state index < -0.39 is 41.5 Å². The van der Waals surface area contributed by atoms with E-state index in [-0.39, 0.29) is 6.07 Å². The molecule has 0 aliphatic rings. The fourth-order valence-electron chi connectivity index (χ4n) is 1.50. The van der Waals surface area contributed by atoms with Gasteiger partial charge in [-0.3, -0.25) is 0 Å². The largest absolute Gasteiger partial charge is 0.402 e. The SMILES string of the molecule is NC(c1ccc(F)c(F)c1)C(C(F)(F)F)C(F)(F)F. The van der Waals surface area contributed by atoms with Gasteiger partial charge in [-0.2, -0.15) is 26.3 Å². The van der Waals surface area contributed by atoms with E-state index in [1.54, 1.807) is 0 Å². The van der Waals surface area contributed by atoms with Crippen molar-refractivity contribution >= 4 is 0 Å². The van der Waals surface area contributed by atoms with E-state index in [0.29, 0.717) is 12.1 Å². The molecule has 108 valence electrons. The van der Waals surface area contributed by atoms with Crippen molar-refractivity contribution in [3.63, 3.8) is 0 Å². The summed E-state index contributed by atoms with van der Waals surface area (Å²) in [6.07, 6.45) is -11.3. The Hall–Kier alpha value is -1.38. The molecule has 0 aliphatic heterocycles. The molecule has 1 aromatic rings. The number of benzene rings is 1. The van der Waals surface area contributed by atoms with Crippen LogP contribution >= 0.6 is 0 Å². The smallest absolute Gasteiger partial charge is 0.323 e. The summed E-state index contributed by atoms with van der Waals surface area (Å²) >= 11 is 0. The second kappa shape index (κ2) is 4.95. The average Bonchev–Trinajstić information content (AvgIpc) is 2.17. The van der Waals surface area contributed by atoms with Crippen LogP contribution in [0.3, 0.4) is 0 Å². The van der Waals surface area contributed by atoms with Crippen LogP contribution in [0, 0.1) is 17.6 Å². The Labute approximate surface area is 102 Å². The van der Waals surface area contributed by atoms with E-state index in [0.717, 1.165) is 0 Å². The molecule has 0 spiro atoms. The number of hydrogen-bond acceptors (Lipinski definition) is 1. The average molecular weight is 293 g/mol. The minimum Gasteiger partial charge on any atom is -0.323 e. The van der Waals surface area contributed by atoms with Gasteiger partial charge in [0.2, 0.25) is 0 Å². The molecule has 1 rings (SSSR count). The topological polar surface area (TPSA) is 26.0 Å². The first-order valence-corrected chi connectivity index (χ1v) is 4.78. The number of hydrogen-bond donors (Lipinski definition) is 1. The highest BCUT2D eigenvalue weighted by molar-refractivity contribution is 5.22. The number of rotatable bonds is 2. The quantitative estimate of drug-likeness (QED) is 0.827. The normalized spacial score (nSPS) is 14.8. The molecule has 0 saturated carbocycles. The van der Waals surface area contributed by atoms with Crippen molar-refractivity contribution < 1.29 is 35.1 Å². The van der Waals surface area contributed by atoms with Gasteiger partial charge in [-0.1, -0.05) is 6.07 Å². The van der Waals surface area contributed by atoms with Gasteiger partial charge in [-0.15, -0.1) is 0 Å². The maximum absolute atomic E-state index is 12.8. The molecule has 2 N–H and O–H groups in total. The fourth-order valence-corrected chi connectivity index (χ4v) is 1.50. The van der Waals surface area contributed by atoms with Crippen LogP contribution in [0.2, 0.25) is 0 Å². The van der Waals surface area contributed by atoms with Crippen LogP contribution in [0.25, 0.3) is 0 Å². The molecule has 1 aromatic carbocycles. The van der Waals surface area contributed by atoms with Gasteiger partial charge in [-0.25, -0.2) is 8.78 Å². The summed E-state index contributed by atoms with van der Waals surface area (Å²) in [5.41, 5.74) is 4.11. The lowest BCUT2D eigenvalue weighted by Gasteiger charge is -2.28. The third-order valence-corrected chi connectivity index (χ3v) is 2.39. The maximum Gasteiger partial charge on any atom is 0.402 e. The van der Waals surface area contributed by atoms with Crippen molar-refractivity contribution in [1.82, 2.24) is 0 Å². The Bertz CT molecular complexity index is 436. The second-order valence-electron chi connectivity index (χ2n) is 3.76. The Morgan fingerprint density at radius 3 is 1.68 bits per heavy atom. The molecule has 0 amide bonds. The van der Waals surface area contributed by atoms with Gasteiger partial charge in [-0.05, 0) is 17.7 Å². The first-order valence-electron chi connectivity index (χ1n) is 4.78. The molecule has 0 heterocycles. The number of alkyl halides is 6. The summed E-state index contributed by atoms with van der Waals surface area (Å²) in [6, 6.07) is -1.37. The molecule has 0 radical (unpaired) electrons. The van der Waals surface area contributed by atoms with E-state index in [4.69, 9.17) is 5.73 Å². The van der Waals surface area contributed by atoms with Crippen LogP contribution in [-0.2, 0) is 0 Å². The van der Waals surface area contributed by atoms with Gasteiger partial charge < -0.3 is 5.73 Å². The van der Waals surface area contributed by atoms with Gasteiger partial charge >= 0.3 is 12.4 Å². The Kier molecular flexibility index (Phi) is 4.08. The zero-order valence-corrected chi connectivity index (χ0v) is 8.99. The summed E-state index contributed by atoms with van der Waals surface area (Å²) in [6.45, 7) is 0. The van der Waals surface area contributed by atoms with Crippen LogP contribution in [0.15, 0.2) is 18.2 Å². The van der Waals surface area contributed by atoms with Crippen LogP contribution in [0.4, 0.5) is 35.1 Å². The Balaban J connectivity index is 3.20. The first-order chi connectivity index (χ1) is 8.44. The predicted octanol–water partition coefficient (Wildman–Crippen LogP) is 3.71. The Morgan fingerprint density at radius 2 is 1.32 bits per heavy atom. The lowest BCUT2D eigenvalue weighted by atomic mass is 9.92. The first kappa shape index (κ1) is 15.7. The van der Waals surface area contributed by atoms with E-state index >= 15 is 0 Å². The lowest BCUT2D eigenvalue weighted by molar-refractivity contribution is -0.290. The van der Waals surface area contributed by atoms with Crippen LogP contribution in [0.5, 0.6) is 0 Å². The molecule has 9 heteroatoms. The summed E-state index contributed by atoms with van der Waals surface area (Å²) < 4.78 is 99.6. The highest BCUT2D eigenvalue weighted by Gasteiger charge is 2.59. The van der Waals surface area contributed by atoms with E-state index in [9.17, 15) is 35.1 Å². The Morgan fingerprint density at radius 1 is 0.842 bits per heavy atom. The summed E-state index contributed by atoms with van der Waals surface area (Å²) in [7, 11) is 0. The minimum atomic E-state index is -5.65. The predicted molar refractivity (Wildman–Crippen MR) is 48.9 cm³/mol. The molecule has 0 fully saturated rings. The van der Waals surface area contributed by atoms with Crippen molar-refractivity contribution in [3.05, 3.63) is 35.4 Å². The zero-order chi connectivity index (χ0) is 15.0. The minimum absolute atomic E-state index is 0.213. The molecule has 0 bridgehead atoms. The third-order valence-electron chi connectivity index (χ3n) is 2.39. The van der Waals surface area contributed by atoms with Gasteiger partial charge in [0.25, 0.3) is 0 Å². The lowest BCUT2D eigenvalue weighted by Crippen LogP contribution is -2.44. The monoisotopic (exact) mass is 293 g/mol. The third kappa shape index (κ3) is 3.55. The summed E-state index contributed by atoms with van der Waals surface area (Å²) in [5, 5.41) is 0. The molecular formula is C10H7F8N. The fraction of sp³-hybridized carbons (Fsp3) is 0.400. The molecule has 0 aliphatic carbocycles.